The summed E-state index contributed by atoms with van der Waals surface area (Å²) >= 11 is 3.27. The lowest BCUT2D eigenvalue weighted by molar-refractivity contribution is 0.605. The molecule has 0 aliphatic rings. The van der Waals surface area contributed by atoms with E-state index in [9.17, 15) is 4.39 Å². The molecule has 1 unspecified atom stereocenters. The van der Waals surface area contributed by atoms with E-state index in [0.717, 1.165) is 22.4 Å². The number of nitrogens with zero attached hydrogens (tertiary/aromatic N) is 2. The average molecular weight is 348 g/mol. The fraction of sp³-hybridized carbons (Fsp3) is 0.188. The number of fused-ring (bicyclic) bond motifs is 1. The van der Waals surface area contributed by atoms with Gasteiger partial charge in [0, 0.05) is 19.5 Å². The molecule has 0 radical (unpaired) electrons. The Hall–Kier alpha value is -1.72. The zero-order valence-corrected chi connectivity index (χ0v) is 13.1. The normalized spacial score (nSPS) is 12.8. The summed E-state index contributed by atoms with van der Waals surface area (Å²) in [7, 11) is 1.97. The van der Waals surface area contributed by atoms with Gasteiger partial charge in [0.2, 0.25) is 0 Å². The Morgan fingerprint density at radius 2 is 2.00 bits per heavy atom. The number of hydrogen-bond donors (Lipinski definition) is 1. The van der Waals surface area contributed by atoms with Crippen molar-refractivity contribution in [3.8, 4) is 0 Å². The average Bonchev–Trinajstić information content (AvgIpc) is 2.79. The number of imidazole rings is 1. The van der Waals surface area contributed by atoms with Gasteiger partial charge >= 0.3 is 0 Å². The number of para-hydroxylation sites is 2. The number of aryl methyl sites for hydroxylation is 1. The summed E-state index contributed by atoms with van der Waals surface area (Å²) in [6.45, 7) is 0. The quantitative estimate of drug-likeness (QED) is 0.784. The zero-order valence-electron chi connectivity index (χ0n) is 11.6. The fourth-order valence-corrected chi connectivity index (χ4v) is 3.05. The molecule has 1 aromatic heterocycles. The van der Waals surface area contributed by atoms with Gasteiger partial charge in [0.05, 0.1) is 15.5 Å². The first-order valence-corrected chi connectivity index (χ1v) is 7.47. The lowest BCUT2D eigenvalue weighted by atomic mass is 10.0. The molecule has 3 nitrogen and oxygen atoms in total. The van der Waals surface area contributed by atoms with E-state index < -0.39 is 0 Å². The molecule has 0 amide bonds. The number of benzene rings is 2. The van der Waals surface area contributed by atoms with Crippen LogP contribution in [-0.4, -0.2) is 9.55 Å². The van der Waals surface area contributed by atoms with Crippen LogP contribution in [0, 0.1) is 5.82 Å². The van der Waals surface area contributed by atoms with Gasteiger partial charge in [0.15, 0.2) is 0 Å². The molecule has 1 heterocycles. The topological polar surface area (TPSA) is 43.8 Å². The molecule has 5 heteroatoms. The van der Waals surface area contributed by atoms with Crippen LogP contribution in [0.2, 0.25) is 0 Å². The minimum absolute atomic E-state index is 0.298. The van der Waals surface area contributed by atoms with Gasteiger partial charge in [-0.25, -0.2) is 9.37 Å². The predicted octanol–water partition coefficient (Wildman–Crippen LogP) is 3.72. The minimum atomic E-state index is -0.314. The van der Waals surface area contributed by atoms with E-state index in [0.29, 0.717) is 10.9 Å². The van der Waals surface area contributed by atoms with E-state index in [4.69, 9.17) is 5.73 Å². The number of aromatic nitrogens is 2. The van der Waals surface area contributed by atoms with Gasteiger partial charge in [-0.15, -0.1) is 0 Å². The number of halogens is 2. The van der Waals surface area contributed by atoms with Crippen LogP contribution in [0.25, 0.3) is 11.0 Å². The lowest BCUT2D eigenvalue weighted by Gasteiger charge is -2.14. The number of rotatable bonds is 3. The second-order valence-corrected chi connectivity index (χ2v) is 5.82. The van der Waals surface area contributed by atoms with Crippen LogP contribution in [0.3, 0.4) is 0 Å². The third-order valence-corrected chi connectivity index (χ3v) is 4.50. The highest BCUT2D eigenvalue weighted by Gasteiger charge is 2.16. The molecule has 3 rings (SSSR count). The van der Waals surface area contributed by atoms with Gasteiger partial charge in [-0.1, -0.05) is 24.3 Å². The molecule has 2 N–H and O–H groups in total. The predicted molar refractivity (Wildman–Crippen MR) is 85.4 cm³/mol. The van der Waals surface area contributed by atoms with E-state index in [1.54, 1.807) is 6.07 Å². The Labute approximate surface area is 130 Å². The molecule has 0 spiro atoms. The molecular weight excluding hydrogens is 333 g/mol. The van der Waals surface area contributed by atoms with E-state index in [1.807, 2.05) is 41.9 Å². The minimum Gasteiger partial charge on any atom is -0.331 e. The van der Waals surface area contributed by atoms with Crippen LogP contribution in [0.15, 0.2) is 46.9 Å². The second-order valence-electron chi connectivity index (χ2n) is 5.03. The summed E-state index contributed by atoms with van der Waals surface area (Å²) in [6, 6.07) is 12.5. The molecule has 0 bridgehead atoms. The summed E-state index contributed by atoms with van der Waals surface area (Å²) in [4.78, 5) is 4.60. The molecule has 0 saturated carbocycles. The maximum atomic E-state index is 13.6. The van der Waals surface area contributed by atoms with Crippen molar-refractivity contribution in [1.29, 1.82) is 0 Å². The van der Waals surface area contributed by atoms with Crippen molar-refractivity contribution in [3.05, 3.63) is 64.1 Å². The summed E-state index contributed by atoms with van der Waals surface area (Å²) < 4.78 is 16.1. The highest BCUT2D eigenvalue weighted by molar-refractivity contribution is 9.10. The molecule has 0 fully saturated rings. The molecule has 2 aromatic carbocycles. The molecule has 0 saturated heterocycles. The Balaban J connectivity index is 1.94. The first-order valence-electron chi connectivity index (χ1n) is 6.67. The molecular formula is C16H15BrFN3. The van der Waals surface area contributed by atoms with Gasteiger partial charge in [0.1, 0.15) is 11.6 Å². The van der Waals surface area contributed by atoms with Crippen molar-refractivity contribution in [2.24, 2.45) is 12.8 Å². The highest BCUT2D eigenvalue weighted by atomic mass is 79.9. The first kappa shape index (κ1) is 14.2. The van der Waals surface area contributed by atoms with Crippen LogP contribution in [0.5, 0.6) is 0 Å². The van der Waals surface area contributed by atoms with Gasteiger partial charge < -0.3 is 10.3 Å². The maximum Gasteiger partial charge on any atom is 0.137 e. The van der Waals surface area contributed by atoms with Gasteiger partial charge in [-0.05, 0) is 39.7 Å². The molecule has 0 aliphatic carbocycles. The largest absolute Gasteiger partial charge is 0.331 e. The van der Waals surface area contributed by atoms with Crippen molar-refractivity contribution < 1.29 is 4.39 Å². The molecule has 21 heavy (non-hydrogen) atoms. The van der Waals surface area contributed by atoms with Crippen LogP contribution >= 0.6 is 15.9 Å². The molecule has 1 atom stereocenters. The Morgan fingerprint density at radius 1 is 1.24 bits per heavy atom. The summed E-state index contributed by atoms with van der Waals surface area (Å²) in [5.74, 6) is 0.591. The van der Waals surface area contributed by atoms with Gasteiger partial charge in [0.25, 0.3) is 0 Å². The van der Waals surface area contributed by atoms with Crippen molar-refractivity contribution in [2.75, 3.05) is 0 Å². The van der Waals surface area contributed by atoms with E-state index >= 15 is 0 Å². The van der Waals surface area contributed by atoms with Crippen LogP contribution in [0.1, 0.15) is 17.4 Å². The van der Waals surface area contributed by atoms with Gasteiger partial charge in [-0.3, -0.25) is 0 Å². The first-order chi connectivity index (χ1) is 10.1. The summed E-state index contributed by atoms with van der Waals surface area (Å²) in [5, 5.41) is 0. The molecule has 108 valence electrons. The standard InChI is InChI=1S/C16H15BrFN3/c1-21-14-8-3-2-7-13(14)20-15(21)9-12(19)10-5-4-6-11(18)16(10)17/h2-8,12H,9,19H2,1H3. The summed E-state index contributed by atoms with van der Waals surface area (Å²) in [5.41, 5.74) is 9.00. The highest BCUT2D eigenvalue weighted by Crippen LogP contribution is 2.27. The van der Waals surface area contributed by atoms with E-state index in [-0.39, 0.29) is 11.9 Å². The van der Waals surface area contributed by atoms with E-state index in [2.05, 4.69) is 20.9 Å². The SMILES string of the molecule is Cn1c(CC(N)c2cccc(F)c2Br)nc2ccccc21. The Morgan fingerprint density at radius 3 is 2.76 bits per heavy atom. The molecule has 0 aliphatic heterocycles. The zero-order chi connectivity index (χ0) is 15.0. The third kappa shape index (κ3) is 2.59. The Kier molecular flexibility index (Phi) is 3.78. The van der Waals surface area contributed by atoms with Crippen LogP contribution < -0.4 is 5.73 Å². The summed E-state index contributed by atoms with van der Waals surface area (Å²) in [6.07, 6.45) is 0.549. The van der Waals surface area contributed by atoms with Crippen LogP contribution in [-0.2, 0) is 13.5 Å². The Bertz CT molecular complexity index is 797. The maximum absolute atomic E-state index is 13.6. The van der Waals surface area contributed by atoms with Crippen molar-refractivity contribution in [2.45, 2.75) is 12.5 Å². The van der Waals surface area contributed by atoms with Crippen LogP contribution in [0.4, 0.5) is 4.39 Å². The second kappa shape index (κ2) is 5.58. The molecule has 3 aromatic rings. The van der Waals surface area contributed by atoms with Gasteiger partial charge in [-0.2, -0.15) is 0 Å². The monoisotopic (exact) mass is 347 g/mol. The number of hydrogen-bond acceptors (Lipinski definition) is 2. The van der Waals surface area contributed by atoms with E-state index in [1.165, 1.54) is 6.07 Å². The van der Waals surface area contributed by atoms with Crippen molar-refractivity contribution in [3.63, 3.8) is 0 Å². The smallest absolute Gasteiger partial charge is 0.137 e. The fourth-order valence-electron chi connectivity index (χ4n) is 2.49. The number of nitrogens with two attached hydrogens (primary N) is 1. The third-order valence-electron chi connectivity index (χ3n) is 3.66. The lowest BCUT2D eigenvalue weighted by Crippen LogP contribution is -2.16. The van der Waals surface area contributed by atoms with Crippen molar-refractivity contribution in [1.82, 2.24) is 9.55 Å². The van der Waals surface area contributed by atoms with Crippen molar-refractivity contribution >= 4 is 27.0 Å².